The van der Waals surface area contributed by atoms with Crippen LogP contribution in [0, 0.1) is 0 Å². The molecule has 154 valence electrons. The summed E-state index contributed by atoms with van der Waals surface area (Å²) in [6.07, 6.45) is 0. The van der Waals surface area contributed by atoms with E-state index in [2.05, 4.69) is 20.4 Å². The minimum atomic E-state index is -2.84. The summed E-state index contributed by atoms with van der Waals surface area (Å²) >= 11 is 0. The highest BCUT2D eigenvalue weighted by Crippen LogP contribution is 2.15. The van der Waals surface area contributed by atoms with Crippen molar-refractivity contribution in [3.63, 3.8) is 0 Å². The molecule has 1 rings (SSSR count). The second-order valence-corrected chi connectivity index (χ2v) is 5.39. The average molecular weight is 500 g/mol. The van der Waals surface area contributed by atoms with Gasteiger partial charge in [0.15, 0.2) is 5.96 Å². The molecular weight excluding hydrogens is 473 g/mol. The van der Waals surface area contributed by atoms with E-state index in [1.807, 2.05) is 18.9 Å². The number of hydrogen-bond donors (Lipinski definition) is 2. The maximum Gasteiger partial charge on any atom is 0.387 e. The normalized spacial score (nSPS) is 11.0. The quantitative estimate of drug-likeness (QED) is 0.223. The van der Waals surface area contributed by atoms with E-state index in [4.69, 9.17) is 4.74 Å². The van der Waals surface area contributed by atoms with Gasteiger partial charge < -0.3 is 25.0 Å². The van der Waals surface area contributed by atoms with E-state index in [0.29, 0.717) is 32.2 Å². The number of alkyl halides is 2. The van der Waals surface area contributed by atoms with Crippen LogP contribution in [0.4, 0.5) is 8.78 Å². The summed E-state index contributed by atoms with van der Waals surface area (Å²) in [7, 11) is 3.39. The van der Waals surface area contributed by atoms with E-state index in [1.54, 1.807) is 19.2 Å². The molecule has 2 N–H and O–H groups in total. The lowest BCUT2D eigenvalue weighted by molar-refractivity contribution is -0.119. The van der Waals surface area contributed by atoms with Crippen molar-refractivity contribution in [2.45, 2.75) is 20.1 Å². The predicted octanol–water partition coefficient (Wildman–Crippen LogP) is 2.07. The number of benzene rings is 1. The number of hydrogen-bond acceptors (Lipinski definition) is 4. The number of methoxy groups -OCH3 is 1. The van der Waals surface area contributed by atoms with Crippen molar-refractivity contribution in [3.8, 4) is 5.75 Å². The van der Waals surface area contributed by atoms with Crippen molar-refractivity contribution in [1.29, 1.82) is 0 Å². The summed E-state index contributed by atoms with van der Waals surface area (Å²) in [6, 6.07) is 6.38. The van der Waals surface area contributed by atoms with E-state index >= 15 is 0 Å². The van der Waals surface area contributed by atoms with Crippen LogP contribution < -0.4 is 15.4 Å². The second kappa shape index (κ2) is 14.4. The monoisotopic (exact) mass is 500 g/mol. The lowest BCUT2D eigenvalue weighted by atomic mass is 10.2. The number of rotatable bonds is 10. The van der Waals surface area contributed by atoms with Gasteiger partial charge in [0.05, 0.1) is 6.61 Å². The van der Waals surface area contributed by atoms with Crippen LogP contribution in [-0.2, 0) is 16.1 Å². The molecule has 0 heterocycles. The molecule has 0 spiro atoms. The van der Waals surface area contributed by atoms with Crippen molar-refractivity contribution in [2.75, 3.05) is 40.4 Å². The van der Waals surface area contributed by atoms with Gasteiger partial charge in [0.2, 0.25) is 5.91 Å². The Hall–Kier alpha value is -1.69. The molecule has 7 nitrogen and oxygen atoms in total. The van der Waals surface area contributed by atoms with Gasteiger partial charge in [-0.1, -0.05) is 12.1 Å². The number of carbonyl (C=O) groups excluding carboxylic acids is 1. The third-order valence-electron chi connectivity index (χ3n) is 3.27. The second-order valence-electron chi connectivity index (χ2n) is 5.39. The smallest absolute Gasteiger partial charge is 0.387 e. The van der Waals surface area contributed by atoms with E-state index < -0.39 is 6.61 Å². The van der Waals surface area contributed by atoms with Crippen LogP contribution in [0.1, 0.15) is 12.5 Å². The third kappa shape index (κ3) is 10.9. The van der Waals surface area contributed by atoms with E-state index in [-0.39, 0.29) is 42.2 Å². The number of nitrogens with zero attached hydrogens (tertiary/aromatic N) is 2. The molecule has 1 amide bonds. The Morgan fingerprint density at radius 2 is 1.93 bits per heavy atom. The Morgan fingerprint density at radius 3 is 2.48 bits per heavy atom. The lowest BCUT2D eigenvalue weighted by Crippen LogP contribution is -2.39. The summed E-state index contributed by atoms with van der Waals surface area (Å²) in [6.45, 7) is 1.11. The van der Waals surface area contributed by atoms with Crippen molar-refractivity contribution in [1.82, 2.24) is 15.5 Å². The highest BCUT2D eigenvalue weighted by Gasteiger charge is 2.09. The molecule has 0 unspecified atom stereocenters. The van der Waals surface area contributed by atoms with Crippen LogP contribution in [0.25, 0.3) is 0 Å². The van der Waals surface area contributed by atoms with Crippen LogP contribution in [0.5, 0.6) is 5.75 Å². The van der Waals surface area contributed by atoms with E-state index in [1.165, 1.54) is 12.1 Å². The molecule has 27 heavy (non-hydrogen) atoms. The van der Waals surface area contributed by atoms with Gasteiger partial charge in [-0.15, -0.1) is 24.0 Å². The zero-order valence-corrected chi connectivity index (χ0v) is 18.0. The Labute approximate surface area is 175 Å². The SMILES string of the molecule is CCNC(=NCC(=O)NCCOC)N(C)Cc1ccc(OC(F)F)cc1.I. The Bertz CT molecular complexity index is 574. The molecule has 0 atom stereocenters. The number of halogens is 3. The van der Waals surface area contributed by atoms with Crippen molar-refractivity contribution >= 4 is 35.8 Å². The lowest BCUT2D eigenvalue weighted by Gasteiger charge is -2.22. The number of guanidine groups is 1. The van der Waals surface area contributed by atoms with Gasteiger partial charge in [-0.2, -0.15) is 8.78 Å². The summed E-state index contributed by atoms with van der Waals surface area (Å²) < 4.78 is 33.5. The molecule has 1 aromatic rings. The maximum absolute atomic E-state index is 12.2. The van der Waals surface area contributed by atoms with Crippen LogP contribution in [0.3, 0.4) is 0 Å². The molecule has 0 fully saturated rings. The zero-order chi connectivity index (χ0) is 19.4. The number of amides is 1. The molecular formula is C17H27F2IN4O3. The fourth-order valence-electron chi connectivity index (χ4n) is 2.09. The number of ether oxygens (including phenoxy) is 2. The standard InChI is InChI=1S/C17H26F2N4O3.HI/c1-4-20-17(22-11-15(24)21-9-10-25-3)23(2)12-13-5-7-14(8-6-13)26-16(18)19;/h5-8,16H,4,9-12H2,1-3H3,(H,20,22)(H,21,24);1H. The van der Waals surface area contributed by atoms with Crippen molar-refractivity contribution in [2.24, 2.45) is 4.99 Å². The summed E-state index contributed by atoms with van der Waals surface area (Å²) in [5.74, 6) is 0.487. The first-order valence-corrected chi connectivity index (χ1v) is 8.25. The molecule has 1 aromatic carbocycles. The van der Waals surface area contributed by atoms with Crippen LogP contribution in [0.2, 0.25) is 0 Å². The van der Waals surface area contributed by atoms with Crippen LogP contribution in [0.15, 0.2) is 29.3 Å². The van der Waals surface area contributed by atoms with Gasteiger partial charge in [-0.25, -0.2) is 4.99 Å². The van der Waals surface area contributed by atoms with E-state index in [9.17, 15) is 13.6 Å². The molecule has 0 aliphatic carbocycles. The maximum atomic E-state index is 12.2. The Kier molecular flexibility index (Phi) is 13.5. The average Bonchev–Trinajstić information content (AvgIpc) is 2.60. The molecule has 10 heteroatoms. The van der Waals surface area contributed by atoms with Gasteiger partial charge in [0.25, 0.3) is 0 Å². The number of carbonyl (C=O) groups is 1. The first-order valence-electron chi connectivity index (χ1n) is 8.25. The molecule has 0 saturated carbocycles. The minimum absolute atomic E-state index is 0. The van der Waals surface area contributed by atoms with Gasteiger partial charge >= 0.3 is 6.61 Å². The molecule has 0 saturated heterocycles. The summed E-state index contributed by atoms with van der Waals surface area (Å²) in [4.78, 5) is 17.9. The minimum Gasteiger partial charge on any atom is -0.435 e. The van der Waals surface area contributed by atoms with Gasteiger partial charge in [-0.3, -0.25) is 4.79 Å². The van der Waals surface area contributed by atoms with E-state index in [0.717, 1.165) is 5.56 Å². The van der Waals surface area contributed by atoms with Gasteiger partial charge in [0, 0.05) is 33.8 Å². The highest BCUT2D eigenvalue weighted by atomic mass is 127. The molecule has 0 aliphatic rings. The van der Waals surface area contributed by atoms with Gasteiger partial charge in [-0.05, 0) is 24.6 Å². The predicted molar refractivity (Wildman–Crippen MR) is 111 cm³/mol. The zero-order valence-electron chi connectivity index (χ0n) is 15.7. The summed E-state index contributed by atoms with van der Waals surface area (Å²) in [5, 5.41) is 5.81. The fraction of sp³-hybridized carbons (Fsp3) is 0.529. The Balaban J connectivity index is 0.00000676. The first kappa shape index (κ1) is 25.3. The fourth-order valence-corrected chi connectivity index (χ4v) is 2.09. The topological polar surface area (TPSA) is 75.2 Å². The first-order chi connectivity index (χ1) is 12.5. The van der Waals surface area contributed by atoms with Crippen LogP contribution >= 0.6 is 24.0 Å². The third-order valence-corrected chi connectivity index (χ3v) is 3.27. The molecule has 0 bridgehead atoms. The van der Waals surface area contributed by atoms with Crippen molar-refractivity contribution in [3.05, 3.63) is 29.8 Å². The molecule has 0 aromatic heterocycles. The van der Waals surface area contributed by atoms with Crippen molar-refractivity contribution < 1.29 is 23.0 Å². The number of nitrogens with one attached hydrogen (secondary N) is 2. The largest absolute Gasteiger partial charge is 0.435 e. The molecule has 0 aliphatic heterocycles. The Morgan fingerprint density at radius 1 is 1.26 bits per heavy atom. The number of aliphatic imine (C=N–C) groups is 1. The summed E-state index contributed by atoms with van der Waals surface area (Å²) in [5.41, 5.74) is 0.893. The van der Waals surface area contributed by atoms with Gasteiger partial charge in [0.1, 0.15) is 12.3 Å². The van der Waals surface area contributed by atoms with Crippen LogP contribution in [-0.4, -0.2) is 63.8 Å². The molecule has 0 radical (unpaired) electrons. The highest BCUT2D eigenvalue weighted by molar-refractivity contribution is 14.0.